The van der Waals surface area contributed by atoms with Gasteiger partial charge in [0, 0.05) is 12.1 Å². The van der Waals surface area contributed by atoms with Crippen LogP contribution in [-0.2, 0) is 15.4 Å². The summed E-state index contributed by atoms with van der Waals surface area (Å²) in [4.78, 5) is 0.361. The molecule has 1 rings (SSSR count). The Morgan fingerprint density at radius 2 is 1.48 bits per heavy atom. The van der Waals surface area contributed by atoms with Crippen molar-refractivity contribution in [1.82, 2.24) is 4.72 Å². The number of aryl methyl sites for hydroxylation is 2. The number of benzene rings is 1. The van der Waals surface area contributed by atoms with Crippen LogP contribution in [0, 0.1) is 13.8 Å². The van der Waals surface area contributed by atoms with E-state index in [1.807, 2.05) is 26.0 Å². The van der Waals surface area contributed by atoms with Crippen LogP contribution in [-0.4, -0.2) is 20.5 Å². The van der Waals surface area contributed by atoms with Gasteiger partial charge in [0.2, 0.25) is 10.0 Å². The van der Waals surface area contributed by atoms with Crippen LogP contribution < -0.4 is 10.5 Å². The first-order valence-electron chi connectivity index (χ1n) is 7.14. The number of rotatable bonds is 4. The fourth-order valence-electron chi connectivity index (χ4n) is 2.16. The average molecular weight is 312 g/mol. The largest absolute Gasteiger partial charge is 0.324 e. The molecule has 0 spiro atoms. The van der Waals surface area contributed by atoms with E-state index in [-0.39, 0.29) is 12.0 Å². The zero-order valence-corrected chi connectivity index (χ0v) is 15.0. The van der Waals surface area contributed by atoms with Crippen LogP contribution in [0.3, 0.4) is 0 Å². The van der Waals surface area contributed by atoms with Crippen molar-refractivity contribution in [1.29, 1.82) is 0 Å². The number of nitrogens with two attached hydrogens (primary N) is 1. The van der Waals surface area contributed by atoms with Crippen molar-refractivity contribution in [2.75, 3.05) is 6.54 Å². The van der Waals surface area contributed by atoms with Crippen molar-refractivity contribution in [2.45, 2.75) is 64.3 Å². The van der Waals surface area contributed by atoms with E-state index in [9.17, 15) is 8.42 Å². The van der Waals surface area contributed by atoms with Gasteiger partial charge in [-0.3, -0.25) is 0 Å². The molecule has 0 atom stereocenters. The fraction of sp³-hybridized carbons (Fsp3) is 0.625. The standard InChI is InChI=1S/C16H28N2O2S/c1-11-8-13(15(3,4)5)9-12(2)14(11)21(19,20)18-10-16(6,7)17/h8-9,18H,10,17H2,1-7H3. The Kier molecular flexibility index (Phi) is 4.93. The first-order chi connectivity index (χ1) is 9.24. The predicted molar refractivity (Wildman–Crippen MR) is 88.1 cm³/mol. The van der Waals surface area contributed by atoms with E-state index in [1.54, 1.807) is 13.8 Å². The van der Waals surface area contributed by atoms with E-state index < -0.39 is 15.6 Å². The highest BCUT2D eigenvalue weighted by atomic mass is 32.2. The molecule has 5 heteroatoms. The summed E-state index contributed by atoms with van der Waals surface area (Å²) in [7, 11) is -3.55. The normalized spacial score (nSPS) is 13.5. The number of hydrogen-bond donors (Lipinski definition) is 2. The molecule has 0 radical (unpaired) electrons. The molecule has 0 saturated heterocycles. The molecule has 21 heavy (non-hydrogen) atoms. The van der Waals surface area contributed by atoms with Crippen LogP contribution in [0.25, 0.3) is 0 Å². The van der Waals surface area contributed by atoms with E-state index in [2.05, 4.69) is 25.5 Å². The summed E-state index contributed by atoms with van der Waals surface area (Å²) in [5.41, 5.74) is 7.93. The topological polar surface area (TPSA) is 72.2 Å². The minimum absolute atomic E-state index is 0.00943. The van der Waals surface area contributed by atoms with Crippen molar-refractivity contribution in [2.24, 2.45) is 5.73 Å². The summed E-state index contributed by atoms with van der Waals surface area (Å²) in [6, 6.07) is 3.91. The van der Waals surface area contributed by atoms with Gasteiger partial charge in [-0.15, -0.1) is 0 Å². The number of hydrogen-bond acceptors (Lipinski definition) is 3. The van der Waals surface area contributed by atoms with E-state index in [0.29, 0.717) is 4.90 Å². The molecule has 0 amide bonds. The third-order valence-corrected chi connectivity index (χ3v) is 5.02. The molecule has 0 unspecified atom stereocenters. The predicted octanol–water partition coefficient (Wildman–Crippen LogP) is 2.62. The van der Waals surface area contributed by atoms with Crippen LogP contribution in [0.15, 0.2) is 17.0 Å². The van der Waals surface area contributed by atoms with E-state index >= 15 is 0 Å². The summed E-state index contributed by atoms with van der Waals surface area (Å²) in [6.45, 7) is 13.8. The Balaban J connectivity index is 3.26. The highest BCUT2D eigenvalue weighted by Crippen LogP contribution is 2.29. The molecule has 0 aliphatic heterocycles. The summed E-state index contributed by atoms with van der Waals surface area (Å²) < 4.78 is 27.6. The lowest BCUT2D eigenvalue weighted by molar-refractivity contribution is 0.497. The minimum Gasteiger partial charge on any atom is -0.324 e. The van der Waals surface area contributed by atoms with Gasteiger partial charge in [-0.05, 0) is 49.8 Å². The Labute approximate surface area is 129 Å². The van der Waals surface area contributed by atoms with Crippen LogP contribution in [0.1, 0.15) is 51.3 Å². The zero-order chi connectivity index (χ0) is 16.6. The van der Waals surface area contributed by atoms with Gasteiger partial charge in [-0.1, -0.05) is 32.9 Å². The lowest BCUT2D eigenvalue weighted by Crippen LogP contribution is -2.45. The van der Waals surface area contributed by atoms with E-state index in [1.165, 1.54) is 0 Å². The third kappa shape index (κ3) is 4.80. The molecule has 0 saturated carbocycles. The lowest BCUT2D eigenvalue weighted by Gasteiger charge is -2.23. The van der Waals surface area contributed by atoms with E-state index in [4.69, 9.17) is 5.73 Å². The van der Waals surface area contributed by atoms with Gasteiger partial charge >= 0.3 is 0 Å². The second kappa shape index (κ2) is 5.71. The van der Waals surface area contributed by atoms with Crippen LogP contribution in [0.4, 0.5) is 0 Å². The van der Waals surface area contributed by atoms with Gasteiger partial charge in [0.15, 0.2) is 0 Å². The molecule has 3 N–H and O–H groups in total. The first-order valence-corrected chi connectivity index (χ1v) is 8.63. The van der Waals surface area contributed by atoms with Gasteiger partial charge < -0.3 is 5.73 Å². The number of sulfonamides is 1. The Morgan fingerprint density at radius 3 is 1.81 bits per heavy atom. The monoisotopic (exact) mass is 312 g/mol. The van der Waals surface area contributed by atoms with Gasteiger partial charge in [0.25, 0.3) is 0 Å². The maximum atomic E-state index is 12.5. The average Bonchev–Trinajstić information content (AvgIpc) is 2.23. The van der Waals surface area contributed by atoms with Crippen LogP contribution in [0.5, 0.6) is 0 Å². The molecule has 1 aromatic rings. The highest BCUT2D eigenvalue weighted by Gasteiger charge is 2.24. The smallest absolute Gasteiger partial charge is 0.241 e. The molecule has 1 aromatic carbocycles. The van der Waals surface area contributed by atoms with Crippen molar-refractivity contribution in [3.63, 3.8) is 0 Å². The minimum atomic E-state index is -3.55. The van der Waals surface area contributed by atoms with Crippen molar-refractivity contribution in [3.8, 4) is 0 Å². The fourth-order valence-corrected chi connectivity index (χ4v) is 3.83. The quantitative estimate of drug-likeness (QED) is 0.897. The Bertz CT molecular complexity index is 598. The zero-order valence-electron chi connectivity index (χ0n) is 14.2. The molecular formula is C16H28N2O2S. The molecule has 0 bridgehead atoms. The van der Waals surface area contributed by atoms with Crippen LogP contribution >= 0.6 is 0 Å². The van der Waals surface area contributed by atoms with Crippen LogP contribution in [0.2, 0.25) is 0 Å². The van der Waals surface area contributed by atoms with Gasteiger partial charge in [0.1, 0.15) is 0 Å². The lowest BCUT2D eigenvalue weighted by atomic mass is 9.85. The van der Waals surface area contributed by atoms with Crippen molar-refractivity contribution in [3.05, 3.63) is 28.8 Å². The Hall–Kier alpha value is -0.910. The number of nitrogens with one attached hydrogen (secondary N) is 1. The highest BCUT2D eigenvalue weighted by molar-refractivity contribution is 7.89. The molecule has 0 fully saturated rings. The van der Waals surface area contributed by atoms with Gasteiger partial charge in [-0.25, -0.2) is 13.1 Å². The summed E-state index contributed by atoms with van der Waals surface area (Å²) in [5, 5.41) is 0. The summed E-state index contributed by atoms with van der Waals surface area (Å²) in [5.74, 6) is 0. The molecule has 0 heterocycles. The summed E-state index contributed by atoms with van der Waals surface area (Å²) >= 11 is 0. The molecule has 0 aliphatic carbocycles. The molecule has 120 valence electrons. The molecule has 0 aromatic heterocycles. The SMILES string of the molecule is Cc1cc(C(C)(C)C)cc(C)c1S(=O)(=O)NCC(C)(C)N. The van der Waals surface area contributed by atoms with Gasteiger partial charge in [-0.2, -0.15) is 0 Å². The van der Waals surface area contributed by atoms with Crippen molar-refractivity contribution >= 4 is 10.0 Å². The maximum absolute atomic E-state index is 12.5. The second-order valence-electron chi connectivity index (χ2n) is 7.50. The summed E-state index contributed by atoms with van der Waals surface area (Å²) in [6.07, 6.45) is 0. The third-order valence-electron chi connectivity index (χ3n) is 3.31. The molecular weight excluding hydrogens is 284 g/mol. The Morgan fingerprint density at radius 1 is 1.05 bits per heavy atom. The molecule has 0 aliphatic rings. The first kappa shape index (κ1) is 18.1. The van der Waals surface area contributed by atoms with E-state index in [0.717, 1.165) is 16.7 Å². The van der Waals surface area contributed by atoms with Gasteiger partial charge in [0.05, 0.1) is 4.90 Å². The molecule has 4 nitrogen and oxygen atoms in total. The van der Waals surface area contributed by atoms with Crippen molar-refractivity contribution < 1.29 is 8.42 Å². The maximum Gasteiger partial charge on any atom is 0.241 e. The second-order valence-corrected chi connectivity index (χ2v) is 9.21.